The second kappa shape index (κ2) is 11.3. The third kappa shape index (κ3) is 6.46. The van der Waals surface area contributed by atoms with Gasteiger partial charge in [-0.3, -0.25) is 19.2 Å². The van der Waals surface area contributed by atoms with Crippen molar-refractivity contribution in [2.24, 2.45) is 0 Å². The molecule has 3 amide bonds. The Bertz CT molecular complexity index is 932. The largest absolute Gasteiger partial charge is 0.379 e. The van der Waals surface area contributed by atoms with E-state index in [1.807, 2.05) is 30.3 Å². The Balaban J connectivity index is 1.49. The molecule has 0 saturated carbocycles. The highest BCUT2D eigenvalue weighted by atomic mass is 16.6. The van der Waals surface area contributed by atoms with Crippen LogP contribution in [0.15, 0.2) is 30.3 Å². The van der Waals surface area contributed by atoms with Gasteiger partial charge in [-0.1, -0.05) is 36.8 Å². The van der Waals surface area contributed by atoms with Crippen LogP contribution >= 0.6 is 0 Å². The molecule has 1 aromatic rings. The second-order valence-corrected chi connectivity index (χ2v) is 9.83. The fourth-order valence-electron chi connectivity index (χ4n) is 4.74. The molecular weight excluding hydrogens is 450 g/mol. The Morgan fingerprint density at radius 2 is 1.94 bits per heavy atom. The SMILES string of the molecule is C[C@]1(C(=O)[C@H](Cc2ccccc2)NC(=O)[C@@H]2COCCCCCC(=O)N3CCC[C@H]3C(=O)N2)CO1. The number of rotatable bonds is 6. The predicted molar refractivity (Wildman–Crippen MR) is 127 cm³/mol. The molecule has 1 aromatic carbocycles. The van der Waals surface area contributed by atoms with Crippen LogP contribution < -0.4 is 10.6 Å². The summed E-state index contributed by atoms with van der Waals surface area (Å²) in [4.78, 5) is 53.9. The minimum Gasteiger partial charge on any atom is -0.379 e. The number of carbonyl (C=O) groups is 4. The summed E-state index contributed by atoms with van der Waals surface area (Å²) in [7, 11) is 0. The monoisotopic (exact) mass is 485 g/mol. The zero-order chi connectivity index (χ0) is 24.8. The first-order valence-electron chi connectivity index (χ1n) is 12.6. The fraction of sp³-hybridized carbons (Fsp3) is 0.615. The van der Waals surface area contributed by atoms with Crippen molar-refractivity contribution in [1.29, 1.82) is 0 Å². The number of amides is 3. The van der Waals surface area contributed by atoms with Crippen molar-refractivity contribution < 1.29 is 28.7 Å². The summed E-state index contributed by atoms with van der Waals surface area (Å²) < 4.78 is 11.1. The first-order chi connectivity index (χ1) is 16.9. The molecule has 9 nitrogen and oxygen atoms in total. The van der Waals surface area contributed by atoms with Crippen molar-refractivity contribution in [2.45, 2.75) is 75.6 Å². The Kier molecular flexibility index (Phi) is 8.18. The van der Waals surface area contributed by atoms with Crippen molar-refractivity contribution in [3.8, 4) is 0 Å². The van der Waals surface area contributed by atoms with Gasteiger partial charge >= 0.3 is 0 Å². The average molecular weight is 486 g/mol. The standard InChI is InChI=1S/C26H35N3O6/c1-26(17-35-26)23(31)19(15-18-9-4-2-5-10-18)27-24(32)20-16-34-14-7-3-6-12-22(30)29-13-8-11-21(29)25(33)28-20/h2,4-5,9-10,19-21H,3,6-8,11-17H2,1H3,(H,27,32)(H,28,33)/t19-,20-,21-,26+/m0/s1. The lowest BCUT2D eigenvalue weighted by molar-refractivity contribution is -0.140. The fourth-order valence-corrected chi connectivity index (χ4v) is 4.74. The summed E-state index contributed by atoms with van der Waals surface area (Å²) in [6.07, 6.45) is 4.41. The summed E-state index contributed by atoms with van der Waals surface area (Å²) in [5.41, 5.74) is 0.00723. The predicted octanol–water partition coefficient (Wildman–Crippen LogP) is 1.14. The van der Waals surface area contributed by atoms with Crippen molar-refractivity contribution >= 4 is 23.5 Å². The third-order valence-electron chi connectivity index (χ3n) is 6.99. The molecule has 0 unspecified atom stereocenters. The van der Waals surface area contributed by atoms with Crippen LogP contribution in [-0.2, 0) is 35.1 Å². The Hall–Kier alpha value is -2.78. The van der Waals surface area contributed by atoms with Crippen molar-refractivity contribution in [2.75, 3.05) is 26.4 Å². The molecule has 3 aliphatic heterocycles. The second-order valence-electron chi connectivity index (χ2n) is 9.83. The van der Waals surface area contributed by atoms with Crippen LogP contribution in [0.4, 0.5) is 0 Å². The van der Waals surface area contributed by atoms with Crippen molar-refractivity contribution in [1.82, 2.24) is 15.5 Å². The van der Waals surface area contributed by atoms with E-state index in [9.17, 15) is 19.2 Å². The van der Waals surface area contributed by atoms with Crippen LogP contribution in [0.3, 0.4) is 0 Å². The van der Waals surface area contributed by atoms with Gasteiger partial charge in [-0.2, -0.15) is 0 Å². The van der Waals surface area contributed by atoms with E-state index >= 15 is 0 Å². The number of benzene rings is 1. The maximum absolute atomic E-state index is 13.4. The number of nitrogens with zero attached hydrogens (tertiary/aromatic N) is 1. The van der Waals surface area contributed by atoms with Crippen LogP contribution in [0.5, 0.6) is 0 Å². The molecule has 3 saturated heterocycles. The van der Waals surface area contributed by atoms with E-state index in [4.69, 9.17) is 9.47 Å². The molecule has 190 valence electrons. The Morgan fingerprint density at radius 3 is 2.69 bits per heavy atom. The lowest BCUT2D eigenvalue weighted by Crippen LogP contribution is -2.58. The van der Waals surface area contributed by atoms with Gasteiger partial charge < -0.3 is 25.0 Å². The van der Waals surface area contributed by atoms with Gasteiger partial charge in [-0.15, -0.1) is 0 Å². The van der Waals surface area contributed by atoms with Crippen LogP contribution in [0.25, 0.3) is 0 Å². The molecule has 0 spiro atoms. The highest BCUT2D eigenvalue weighted by Crippen LogP contribution is 2.29. The quantitative estimate of drug-likeness (QED) is 0.584. The van der Waals surface area contributed by atoms with E-state index in [0.717, 1.165) is 31.2 Å². The number of hydrogen-bond acceptors (Lipinski definition) is 6. The summed E-state index contributed by atoms with van der Waals surface area (Å²) in [5, 5.41) is 5.65. The highest BCUT2D eigenvalue weighted by Gasteiger charge is 2.50. The lowest BCUT2D eigenvalue weighted by Gasteiger charge is -2.27. The van der Waals surface area contributed by atoms with Gasteiger partial charge in [-0.25, -0.2) is 0 Å². The molecule has 3 aliphatic rings. The summed E-state index contributed by atoms with van der Waals surface area (Å²) in [6.45, 7) is 3.02. The molecule has 0 aliphatic carbocycles. The number of carbonyl (C=O) groups excluding carboxylic acids is 4. The van der Waals surface area contributed by atoms with Gasteiger partial charge in [0.25, 0.3) is 0 Å². The minimum atomic E-state index is -0.972. The molecule has 0 bridgehead atoms. The van der Waals surface area contributed by atoms with Crippen LogP contribution in [0.2, 0.25) is 0 Å². The number of Topliss-reactive ketones (excluding diaryl/α,β-unsaturated/α-hetero) is 1. The molecule has 2 N–H and O–H groups in total. The molecule has 35 heavy (non-hydrogen) atoms. The van der Waals surface area contributed by atoms with E-state index in [0.29, 0.717) is 39.0 Å². The maximum atomic E-state index is 13.4. The minimum absolute atomic E-state index is 0.00173. The molecule has 4 atom stereocenters. The van der Waals surface area contributed by atoms with E-state index in [-0.39, 0.29) is 24.2 Å². The first kappa shape index (κ1) is 25.3. The lowest BCUT2D eigenvalue weighted by atomic mass is 9.94. The zero-order valence-corrected chi connectivity index (χ0v) is 20.3. The molecule has 0 radical (unpaired) electrons. The smallest absolute Gasteiger partial charge is 0.245 e. The van der Waals surface area contributed by atoms with Gasteiger partial charge in [0.2, 0.25) is 17.7 Å². The van der Waals surface area contributed by atoms with E-state index < -0.39 is 29.6 Å². The molecular formula is C26H35N3O6. The average Bonchev–Trinajstić information content (AvgIpc) is 3.40. The Labute approximate surface area is 205 Å². The van der Waals surface area contributed by atoms with Gasteiger partial charge in [0.1, 0.15) is 17.7 Å². The van der Waals surface area contributed by atoms with Crippen molar-refractivity contribution in [3.63, 3.8) is 0 Å². The molecule has 9 heteroatoms. The van der Waals surface area contributed by atoms with Gasteiger partial charge in [-0.05, 0) is 44.6 Å². The van der Waals surface area contributed by atoms with Crippen LogP contribution in [0, 0.1) is 0 Å². The van der Waals surface area contributed by atoms with E-state index in [1.54, 1.807) is 11.8 Å². The Morgan fingerprint density at radius 1 is 1.17 bits per heavy atom. The molecule has 0 aromatic heterocycles. The molecule has 4 rings (SSSR count). The summed E-state index contributed by atoms with van der Waals surface area (Å²) >= 11 is 0. The summed E-state index contributed by atoms with van der Waals surface area (Å²) in [6, 6.07) is 7.10. The molecule has 3 fully saturated rings. The third-order valence-corrected chi connectivity index (χ3v) is 6.99. The number of hydrogen-bond donors (Lipinski definition) is 2. The normalized spacial score (nSPS) is 28.5. The number of epoxide rings is 1. The highest BCUT2D eigenvalue weighted by molar-refractivity contribution is 5.98. The number of nitrogens with one attached hydrogen (secondary N) is 2. The van der Waals surface area contributed by atoms with Gasteiger partial charge in [0.05, 0.1) is 19.3 Å². The number of ether oxygens (including phenoxy) is 2. The van der Waals surface area contributed by atoms with Gasteiger partial charge in [0, 0.05) is 19.6 Å². The van der Waals surface area contributed by atoms with E-state index in [2.05, 4.69) is 10.6 Å². The maximum Gasteiger partial charge on any atom is 0.245 e. The van der Waals surface area contributed by atoms with Crippen LogP contribution in [-0.4, -0.2) is 78.5 Å². The topological polar surface area (TPSA) is 117 Å². The number of fused-ring (bicyclic) bond motifs is 1. The summed E-state index contributed by atoms with van der Waals surface area (Å²) in [5.74, 6) is -1.06. The van der Waals surface area contributed by atoms with Gasteiger partial charge in [0.15, 0.2) is 5.78 Å². The first-order valence-corrected chi connectivity index (χ1v) is 12.6. The zero-order valence-electron chi connectivity index (χ0n) is 20.3. The van der Waals surface area contributed by atoms with Crippen molar-refractivity contribution in [3.05, 3.63) is 35.9 Å². The van der Waals surface area contributed by atoms with Crippen LogP contribution in [0.1, 0.15) is 51.0 Å². The molecule has 3 heterocycles. The number of ketones is 1. The van der Waals surface area contributed by atoms with E-state index in [1.165, 1.54) is 0 Å².